The van der Waals surface area contributed by atoms with Gasteiger partial charge in [-0.1, -0.05) is 66.7 Å². The number of carbonyl (C=O) groups excluding carboxylic acids is 1. The van der Waals surface area contributed by atoms with Gasteiger partial charge in [-0.05, 0) is 60.1 Å². The van der Waals surface area contributed by atoms with Crippen LogP contribution < -0.4 is 0 Å². The molecule has 0 radical (unpaired) electrons. The molecular weight excluding hydrogens is 370 g/mol. The minimum absolute atomic E-state index is 0.0713. The summed E-state index contributed by atoms with van der Waals surface area (Å²) in [6.07, 6.45) is 3.39. The van der Waals surface area contributed by atoms with Gasteiger partial charge < -0.3 is 9.72 Å². The van der Waals surface area contributed by atoms with Crippen LogP contribution in [0.5, 0.6) is 0 Å². The fourth-order valence-electron chi connectivity index (χ4n) is 4.45. The zero-order valence-electron chi connectivity index (χ0n) is 16.9. The second kappa shape index (κ2) is 8.19. The highest BCUT2D eigenvalue weighted by Crippen LogP contribution is 2.33. The number of nitrogens with one attached hydrogen (secondary N) is 1. The third-order valence-electron chi connectivity index (χ3n) is 6.06. The summed E-state index contributed by atoms with van der Waals surface area (Å²) in [5.74, 6) is -0.155. The maximum atomic E-state index is 12.7. The summed E-state index contributed by atoms with van der Waals surface area (Å²) in [5.41, 5.74) is 7.35. The van der Waals surface area contributed by atoms with E-state index in [2.05, 4.69) is 47.4 Å². The number of H-pyrrole nitrogens is 1. The van der Waals surface area contributed by atoms with Crippen LogP contribution in [0.2, 0.25) is 0 Å². The van der Waals surface area contributed by atoms with Crippen LogP contribution in [0.3, 0.4) is 0 Å². The van der Waals surface area contributed by atoms with Crippen LogP contribution in [0.25, 0.3) is 10.9 Å². The van der Waals surface area contributed by atoms with Gasteiger partial charge in [-0.15, -0.1) is 0 Å². The lowest BCUT2D eigenvalue weighted by Gasteiger charge is -2.21. The Labute approximate surface area is 176 Å². The fraction of sp³-hybridized carbons (Fsp3) is 0.222. The number of fused-ring (bicyclic) bond motifs is 3. The minimum atomic E-state index is -0.0840. The van der Waals surface area contributed by atoms with Crippen LogP contribution in [0.1, 0.15) is 34.4 Å². The molecule has 1 unspecified atom stereocenters. The van der Waals surface area contributed by atoms with Crippen LogP contribution >= 0.6 is 0 Å². The van der Waals surface area contributed by atoms with Crippen LogP contribution in [0, 0.1) is 5.92 Å². The molecule has 3 heteroatoms. The van der Waals surface area contributed by atoms with Gasteiger partial charge in [0.05, 0.1) is 5.92 Å². The second-order valence-corrected chi connectivity index (χ2v) is 8.16. The molecule has 30 heavy (non-hydrogen) atoms. The summed E-state index contributed by atoms with van der Waals surface area (Å²) in [4.78, 5) is 16.3. The first-order valence-electron chi connectivity index (χ1n) is 10.6. The summed E-state index contributed by atoms with van der Waals surface area (Å²) in [6, 6.07) is 27.1. The third kappa shape index (κ3) is 3.88. The Kier molecular flexibility index (Phi) is 5.10. The fourth-order valence-corrected chi connectivity index (χ4v) is 4.45. The number of esters is 1. The molecule has 150 valence electrons. The number of aromatic nitrogens is 1. The number of benzene rings is 3. The largest absolute Gasteiger partial charge is 0.461 e. The molecule has 0 saturated heterocycles. The first-order valence-corrected chi connectivity index (χ1v) is 10.6. The molecule has 1 heterocycles. The Morgan fingerprint density at radius 1 is 0.900 bits per heavy atom. The van der Waals surface area contributed by atoms with E-state index >= 15 is 0 Å². The van der Waals surface area contributed by atoms with E-state index in [1.807, 2.05) is 36.4 Å². The van der Waals surface area contributed by atoms with Crippen molar-refractivity contribution in [2.45, 2.75) is 32.3 Å². The van der Waals surface area contributed by atoms with Crippen LogP contribution in [-0.2, 0) is 35.4 Å². The SMILES string of the molecule is O=C(OCc1ccccc1)C1CCc2[nH]c3ccc(Cc4ccccc4)cc3c2C1. The number of ether oxygens (including phenoxy) is 1. The predicted octanol–water partition coefficient (Wildman–Crippen LogP) is 5.61. The van der Waals surface area contributed by atoms with E-state index in [9.17, 15) is 4.79 Å². The maximum absolute atomic E-state index is 12.7. The topological polar surface area (TPSA) is 42.1 Å². The number of rotatable bonds is 5. The molecule has 3 nitrogen and oxygen atoms in total. The average molecular weight is 396 g/mol. The quantitative estimate of drug-likeness (QED) is 0.447. The summed E-state index contributed by atoms with van der Waals surface area (Å²) in [7, 11) is 0. The van der Waals surface area contributed by atoms with E-state index in [1.54, 1.807) is 0 Å². The molecule has 0 amide bonds. The van der Waals surface area contributed by atoms with E-state index in [1.165, 1.54) is 27.8 Å². The zero-order valence-corrected chi connectivity index (χ0v) is 16.9. The molecular formula is C27H25NO2. The average Bonchev–Trinajstić information content (AvgIpc) is 3.16. The summed E-state index contributed by atoms with van der Waals surface area (Å²) in [6.45, 7) is 0.345. The van der Waals surface area contributed by atoms with E-state index in [0.29, 0.717) is 6.61 Å². The van der Waals surface area contributed by atoms with Crippen molar-refractivity contribution < 1.29 is 9.53 Å². The van der Waals surface area contributed by atoms with Crippen molar-refractivity contribution in [3.05, 3.63) is 107 Å². The van der Waals surface area contributed by atoms with E-state index in [4.69, 9.17) is 4.74 Å². The van der Waals surface area contributed by atoms with Gasteiger partial charge in [0.25, 0.3) is 0 Å². The Morgan fingerprint density at radius 2 is 1.63 bits per heavy atom. The van der Waals surface area contributed by atoms with Gasteiger partial charge in [0.2, 0.25) is 0 Å². The Morgan fingerprint density at radius 3 is 2.40 bits per heavy atom. The van der Waals surface area contributed by atoms with Crippen molar-refractivity contribution in [2.24, 2.45) is 5.92 Å². The summed E-state index contributed by atoms with van der Waals surface area (Å²) < 4.78 is 5.62. The first-order chi connectivity index (χ1) is 14.8. The highest BCUT2D eigenvalue weighted by atomic mass is 16.5. The Hall–Kier alpha value is -3.33. The van der Waals surface area contributed by atoms with Gasteiger partial charge in [-0.2, -0.15) is 0 Å². The number of aryl methyl sites for hydroxylation is 1. The molecule has 1 N–H and O–H groups in total. The lowest BCUT2D eigenvalue weighted by atomic mass is 9.86. The molecule has 0 bridgehead atoms. The standard InChI is InChI=1S/C27H25NO2/c29-27(30-18-20-9-5-2-6-10-20)22-12-14-26-24(17-22)23-16-21(11-13-25(23)28-26)15-19-7-3-1-4-8-19/h1-11,13,16,22,28H,12,14-15,17-18H2. The highest BCUT2D eigenvalue weighted by molar-refractivity contribution is 5.87. The predicted molar refractivity (Wildman–Crippen MR) is 119 cm³/mol. The molecule has 1 aliphatic carbocycles. The molecule has 0 spiro atoms. The van der Waals surface area contributed by atoms with Gasteiger partial charge >= 0.3 is 5.97 Å². The Balaban J connectivity index is 1.33. The van der Waals surface area contributed by atoms with Gasteiger partial charge in [-0.25, -0.2) is 0 Å². The number of carbonyl (C=O) groups is 1. The van der Waals surface area contributed by atoms with Crippen molar-refractivity contribution in [2.75, 3.05) is 0 Å². The van der Waals surface area contributed by atoms with E-state index in [-0.39, 0.29) is 11.9 Å². The van der Waals surface area contributed by atoms with Crippen LogP contribution in [-0.4, -0.2) is 11.0 Å². The van der Waals surface area contributed by atoms with Crippen molar-refractivity contribution in [3.63, 3.8) is 0 Å². The molecule has 1 atom stereocenters. The monoisotopic (exact) mass is 395 g/mol. The van der Waals surface area contributed by atoms with Crippen molar-refractivity contribution in [1.82, 2.24) is 4.98 Å². The second-order valence-electron chi connectivity index (χ2n) is 8.16. The van der Waals surface area contributed by atoms with Gasteiger partial charge in [0.15, 0.2) is 0 Å². The molecule has 0 fully saturated rings. The summed E-state index contributed by atoms with van der Waals surface area (Å²) >= 11 is 0. The number of aromatic amines is 1. The lowest BCUT2D eigenvalue weighted by Crippen LogP contribution is -2.24. The molecule has 0 aliphatic heterocycles. The highest BCUT2D eigenvalue weighted by Gasteiger charge is 2.28. The van der Waals surface area contributed by atoms with Crippen molar-refractivity contribution >= 4 is 16.9 Å². The number of hydrogen-bond donors (Lipinski definition) is 1. The number of hydrogen-bond acceptors (Lipinski definition) is 2. The van der Waals surface area contributed by atoms with Crippen molar-refractivity contribution in [1.29, 1.82) is 0 Å². The van der Waals surface area contributed by atoms with Gasteiger partial charge in [0, 0.05) is 16.6 Å². The van der Waals surface area contributed by atoms with Crippen LogP contribution in [0.15, 0.2) is 78.9 Å². The maximum Gasteiger partial charge on any atom is 0.309 e. The van der Waals surface area contributed by atoms with Crippen LogP contribution in [0.4, 0.5) is 0 Å². The lowest BCUT2D eigenvalue weighted by molar-refractivity contribution is -0.150. The first kappa shape index (κ1) is 18.7. The summed E-state index contributed by atoms with van der Waals surface area (Å²) in [5, 5.41) is 1.25. The zero-order chi connectivity index (χ0) is 20.3. The Bertz CT molecular complexity index is 1160. The van der Waals surface area contributed by atoms with E-state index < -0.39 is 0 Å². The van der Waals surface area contributed by atoms with E-state index in [0.717, 1.165) is 36.8 Å². The minimum Gasteiger partial charge on any atom is -0.461 e. The molecule has 1 aromatic heterocycles. The molecule has 4 aromatic rings. The van der Waals surface area contributed by atoms with Crippen molar-refractivity contribution in [3.8, 4) is 0 Å². The molecule has 5 rings (SSSR count). The third-order valence-corrected chi connectivity index (χ3v) is 6.06. The van der Waals surface area contributed by atoms with Gasteiger partial charge in [0.1, 0.15) is 6.61 Å². The molecule has 1 aliphatic rings. The normalized spacial score (nSPS) is 15.7. The van der Waals surface area contributed by atoms with Gasteiger partial charge in [-0.3, -0.25) is 4.79 Å². The molecule has 3 aromatic carbocycles. The molecule has 0 saturated carbocycles. The smallest absolute Gasteiger partial charge is 0.309 e.